The lowest BCUT2D eigenvalue weighted by molar-refractivity contribution is 0.0989. The number of carbonyl (C=O) groups excluding carboxylic acids is 1. The molecule has 102 valence electrons. The fraction of sp³-hybridized carbons (Fsp3) is 0.357. The zero-order valence-corrected chi connectivity index (χ0v) is 11.9. The number of ketones is 1. The summed E-state index contributed by atoms with van der Waals surface area (Å²) in [4.78, 5) is 11.2. The number of thiol groups is 1. The molecule has 0 aliphatic carbocycles. The summed E-state index contributed by atoms with van der Waals surface area (Å²) < 4.78 is 11.0. The summed E-state index contributed by atoms with van der Waals surface area (Å²) in [6.07, 6.45) is 0. The molecule has 0 aliphatic heterocycles. The molecule has 0 saturated carbocycles. The van der Waals surface area contributed by atoms with Crippen LogP contribution in [0.3, 0.4) is 0 Å². The van der Waals surface area contributed by atoms with Crippen LogP contribution in [0.15, 0.2) is 28.7 Å². The van der Waals surface area contributed by atoms with Gasteiger partial charge in [0, 0.05) is 24.2 Å². The van der Waals surface area contributed by atoms with Crippen LogP contribution in [0.4, 0.5) is 0 Å². The molecule has 4 nitrogen and oxygen atoms in total. The predicted octanol–water partition coefficient (Wildman–Crippen LogP) is 2.88. The van der Waals surface area contributed by atoms with E-state index in [1.54, 1.807) is 6.07 Å². The van der Waals surface area contributed by atoms with Gasteiger partial charge in [-0.2, -0.15) is 12.6 Å². The maximum absolute atomic E-state index is 11.2. The van der Waals surface area contributed by atoms with Crippen molar-refractivity contribution in [1.82, 2.24) is 5.32 Å². The summed E-state index contributed by atoms with van der Waals surface area (Å²) in [6, 6.07) is 7.25. The second-order valence-corrected chi connectivity index (χ2v) is 5.12. The van der Waals surface area contributed by atoms with Gasteiger partial charge in [0.15, 0.2) is 11.5 Å². The molecular weight excluding hydrogens is 262 g/mol. The largest absolute Gasteiger partial charge is 0.492 e. The van der Waals surface area contributed by atoms with Crippen LogP contribution in [0.2, 0.25) is 0 Å². The summed E-state index contributed by atoms with van der Waals surface area (Å²) >= 11 is 4.22. The molecule has 1 unspecified atom stereocenters. The highest BCUT2D eigenvalue weighted by atomic mass is 32.1. The highest BCUT2D eigenvalue weighted by Gasteiger charge is 2.08. The van der Waals surface area contributed by atoms with E-state index >= 15 is 0 Å². The molecule has 2 aromatic rings. The number of ether oxygens (including phenoxy) is 1. The Hall–Kier alpha value is -1.46. The average Bonchev–Trinajstić information content (AvgIpc) is 2.77. The van der Waals surface area contributed by atoms with Crippen LogP contribution in [-0.4, -0.2) is 24.3 Å². The first-order valence-electron chi connectivity index (χ1n) is 6.15. The molecule has 2 rings (SSSR count). The van der Waals surface area contributed by atoms with E-state index in [2.05, 4.69) is 17.9 Å². The third-order valence-corrected chi connectivity index (χ3v) is 2.83. The molecule has 0 amide bonds. The van der Waals surface area contributed by atoms with Gasteiger partial charge in [-0.15, -0.1) is 0 Å². The van der Waals surface area contributed by atoms with Crippen molar-refractivity contribution in [2.75, 3.05) is 13.2 Å². The molecule has 0 radical (unpaired) electrons. The molecule has 1 aromatic heterocycles. The molecule has 0 saturated heterocycles. The third-order valence-electron chi connectivity index (χ3n) is 2.65. The highest BCUT2D eigenvalue weighted by molar-refractivity contribution is 7.80. The molecule has 0 spiro atoms. The summed E-state index contributed by atoms with van der Waals surface area (Å²) in [7, 11) is 0. The van der Waals surface area contributed by atoms with Crippen molar-refractivity contribution < 1.29 is 13.9 Å². The van der Waals surface area contributed by atoms with E-state index in [-0.39, 0.29) is 11.2 Å². The van der Waals surface area contributed by atoms with Gasteiger partial charge in [0.2, 0.25) is 0 Å². The number of furan rings is 1. The SMILES string of the molecule is CC(=O)c1cc2cc(OCCNC(C)S)ccc2o1. The van der Waals surface area contributed by atoms with Crippen LogP contribution >= 0.6 is 12.6 Å². The van der Waals surface area contributed by atoms with Crippen molar-refractivity contribution in [3.8, 4) is 5.75 Å². The van der Waals surface area contributed by atoms with Crippen molar-refractivity contribution in [3.63, 3.8) is 0 Å². The van der Waals surface area contributed by atoms with Crippen LogP contribution < -0.4 is 10.1 Å². The first kappa shape index (κ1) is 14.0. The number of hydrogen-bond acceptors (Lipinski definition) is 5. The van der Waals surface area contributed by atoms with E-state index in [1.807, 2.05) is 25.1 Å². The van der Waals surface area contributed by atoms with Crippen molar-refractivity contribution in [3.05, 3.63) is 30.0 Å². The van der Waals surface area contributed by atoms with E-state index in [0.717, 1.165) is 17.7 Å². The zero-order chi connectivity index (χ0) is 13.8. The molecular formula is C14H17NO3S. The summed E-state index contributed by atoms with van der Waals surface area (Å²) in [5, 5.41) is 4.17. The van der Waals surface area contributed by atoms with Crippen molar-refractivity contribution >= 4 is 29.4 Å². The van der Waals surface area contributed by atoms with E-state index in [0.29, 0.717) is 18.0 Å². The highest BCUT2D eigenvalue weighted by Crippen LogP contribution is 2.24. The molecule has 0 fully saturated rings. The number of hydrogen-bond donors (Lipinski definition) is 2. The first-order chi connectivity index (χ1) is 9.06. The van der Waals surface area contributed by atoms with Gasteiger partial charge in [0.05, 0.1) is 0 Å². The fourth-order valence-corrected chi connectivity index (χ4v) is 1.85. The number of rotatable bonds is 6. The van der Waals surface area contributed by atoms with Gasteiger partial charge in [0.1, 0.15) is 17.9 Å². The molecule has 1 heterocycles. The van der Waals surface area contributed by atoms with Crippen molar-refractivity contribution in [1.29, 1.82) is 0 Å². The minimum atomic E-state index is -0.0781. The summed E-state index contributed by atoms with van der Waals surface area (Å²) in [6.45, 7) is 4.74. The number of nitrogens with one attached hydrogen (secondary N) is 1. The smallest absolute Gasteiger partial charge is 0.194 e. The summed E-state index contributed by atoms with van der Waals surface area (Å²) in [5.74, 6) is 1.06. The fourth-order valence-electron chi connectivity index (χ4n) is 1.72. The molecule has 1 N–H and O–H groups in total. The van der Waals surface area contributed by atoms with E-state index in [9.17, 15) is 4.79 Å². The average molecular weight is 279 g/mol. The van der Waals surface area contributed by atoms with Gasteiger partial charge in [-0.1, -0.05) is 0 Å². The minimum Gasteiger partial charge on any atom is -0.492 e. The topological polar surface area (TPSA) is 51.5 Å². The van der Waals surface area contributed by atoms with Crippen molar-refractivity contribution in [2.45, 2.75) is 19.2 Å². The number of Topliss-reactive ketones (excluding diaryl/α,β-unsaturated/α-hetero) is 1. The molecule has 0 aliphatic rings. The Bertz CT molecular complexity index is 577. The van der Waals surface area contributed by atoms with Gasteiger partial charge < -0.3 is 14.5 Å². The van der Waals surface area contributed by atoms with Crippen molar-refractivity contribution in [2.24, 2.45) is 0 Å². The van der Waals surface area contributed by atoms with Gasteiger partial charge in [0.25, 0.3) is 0 Å². The van der Waals surface area contributed by atoms with Crippen LogP contribution in [0, 0.1) is 0 Å². The number of carbonyl (C=O) groups is 1. The lowest BCUT2D eigenvalue weighted by Gasteiger charge is -2.09. The Morgan fingerprint density at radius 3 is 2.95 bits per heavy atom. The quantitative estimate of drug-likeness (QED) is 0.369. The van der Waals surface area contributed by atoms with E-state index in [4.69, 9.17) is 9.15 Å². The number of fused-ring (bicyclic) bond motifs is 1. The van der Waals surface area contributed by atoms with Crippen LogP contribution in [-0.2, 0) is 0 Å². The summed E-state index contributed by atoms with van der Waals surface area (Å²) in [5.41, 5.74) is 0.694. The van der Waals surface area contributed by atoms with Gasteiger partial charge >= 0.3 is 0 Å². The van der Waals surface area contributed by atoms with Crippen LogP contribution in [0.25, 0.3) is 11.0 Å². The Labute approximate surface area is 117 Å². The van der Waals surface area contributed by atoms with Crippen LogP contribution in [0.1, 0.15) is 24.4 Å². The van der Waals surface area contributed by atoms with Gasteiger partial charge in [-0.25, -0.2) is 0 Å². The normalized spacial score (nSPS) is 12.6. The van der Waals surface area contributed by atoms with E-state index in [1.165, 1.54) is 6.92 Å². The lowest BCUT2D eigenvalue weighted by Crippen LogP contribution is -2.26. The molecule has 0 bridgehead atoms. The minimum absolute atomic E-state index is 0.0781. The Kier molecular flexibility index (Phi) is 4.50. The van der Waals surface area contributed by atoms with Gasteiger partial charge in [-0.05, 0) is 31.2 Å². The van der Waals surface area contributed by atoms with Crippen LogP contribution in [0.5, 0.6) is 5.75 Å². The lowest BCUT2D eigenvalue weighted by atomic mass is 10.2. The predicted molar refractivity (Wildman–Crippen MR) is 78.2 cm³/mol. The first-order valence-corrected chi connectivity index (χ1v) is 6.66. The number of benzene rings is 1. The monoisotopic (exact) mass is 279 g/mol. The van der Waals surface area contributed by atoms with Gasteiger partial charge in [-0.3, -0.25) is 4.79 Å². The molecule has 5 heteroatoms. The Morgan fingerprint density at radius 1 is 1.47 bits per heavy atom. The molecule has 1 aromatic carbocycles. The Morgan fingerprint density at radius 2 is 2.26 bits per heavy atom. The standard InChI is InChI=1S/C14H17NO3S/c1-9(16)14-8-11-7-12(3-4-13(11)18-14)17-6-5-15-10(2)19/h3-4,7-8,10,15,19H,5-6H2,1-2H3. The van der Waals surface area contributed by atoms with E-state index < -0.39 is 0 Å². The maximum Gasteiger partial charge on any atom is 0.194 e. The second kappa shape index (κ2) is 6.12. The molecule has 19 heavy (non-hydrogen) atoms. The zero-order valence-electron chi connectivity index (χ0n) is 11.0. The third kappa shape index (κ3) is 3.75. The molecule has 1 atom stereocenters. The second-order valence-electron chi connectivity index (χ2n) is 4.35. The Balaban J connectivity index is 2.02. The maximum atomic E-state index is 11.2.